The Morgan fingerprint density at radius 1 is 0.571 bits per heavy atom. The van der Waals surface area contributed by atoms with Crippen LogP contribution in [0.25, 0.3) is 0 Å². The second-order valence-electron chi connectivity index (χ2n) is 8.98. The average molecular weight is 761 g/mol. The fraction of sp³-hybridized carbons (Fsp3) is 0.676. The maximum atomic E-state index is 11.9. The first kappa shape index (κ1) is 62.3. The van der Waals surface area contributed by atoms with Gasteiger partial charge in [0, 0.05) is 0 Å². The van der Waals surface area contributed by atoms with E-state index in [1.165, 1.54) is 53.6 Å². The Kier molecular flexibility index (Phi) is 47.6. The van der Waals surface area contributed by atoms with Crippen molar-refractivity contribution in [1.29, 1.82) is 0 Å². The van der Waals surface area contributed by atoms with Crippen LogP contribution in [-0.2, 0) is 41.0 Å². The van der Waals surface area contributed by atoms with Gasteiger partial charge in [0.2, 0.25) is 0 Å². The molecule has 0 atom stereocenters. The molecule has 296 valence electrons. The molecule has 0 heterocycles. The molecule has 12 heteroatoms. The SMILES string of the molecule is CC.CC.CC.CC.CC.CCC.CCC.CCc1c(C)cc(C)c(C)c1C.Cc1ccc(S(=O)(=O)CCOS(=O)(=O)O)cc1S(=O)(=O)O. The quantitative estimate of drug-likeness (QED) is 0.263. The number of aryl methyl sites for hydroxylation is 3. The molecule has 0 bridgehead atoms. The molecule has 0 radical (unpaired) electrons. The normalized spacial score (nSPS) is 9.59. The zero-order valence-electron chi connectivity index (χ0n) is 34.8. The molecular formula is C37H76O9S3. The third kappa shape index (κ3) is 31.9. The van der Waals surface area contributed by atoms with E-state index in [0.29, 0.717) is 0 Å². The molecule has 49 heavy (non-hydrogen) atoms. The van der Waals surface area contributed by atoms with Crippen LogP contribution in [0.15, 0.2) is 34.1 Å². The minimum atomic E-state index is -4.77. The van der Waals surface area contributed by atoms with E-state index < -0.39 is 52.5 Å². The summed E-state index contributed by atoms with van der Waals surface area (Å²) in [4.78, 5) is -1.00. The lowest BCUT2D eigenvalue weighted by Crippen LogP contribution is -2.16. The molecule has 0 saturated carbocycles. The average Bonchev–Trinajstić information content (AvgIpc) is 3.05. The second kappa shape index (κ2) is 37.4. The molecule has 0 aliphatic heterocycles. The van der Waals surface area contributed by atoms with Crippen LogP contribution in [0.3, 0.4) is 0 Å². The summed E-state index contributed by atoms with van der Waals surface area (Å²) in [5.41, 5.74) is 7.47. The maximum absolute atomic E-state index is 11.9. The van der Waals surface area contributed by atoms with Crippen molar-refractivity contribution in [2.45, 2.75) is 168 Å². The van der Waals surface area contributed by atoms with Crippen LogP contribution in [0.2, 0.25) is 0 Å². The molecule has 2 aromatic carbocycles. The number of sulfone groups is 1. The maximum Gasteiger partial charge on any atom is 0.397 e. The van der Waals surface area contributed by atoms with Gasteiger partial charge in [-0.15, -0.1) is 0 Å². The number of benzene rings is 2. The van der Waals surface area contributed by atoms with E-state index in [1.807, 2.05) is 69.2 Å². The van der Waals surface area contributed by atoms with E-state index in [1.54, 1.807) is 0 Å². The minimum absolute atomic E-state index is 0.144. The molecule has 0 amide bonds. The highest BCUT2D eigenvalue weighted by Gasteiger charge is 2.21. The first-order valence-corrected chi connectivity index (χ1v) is 22.2. The fourth-order valence-electron chi connectivity index (χ4n) is 3.30. The lowest BCUT2D eigenvalue weighted by Gasteiger charge is -2.13. The molecule has 0 aliphatic rings. The van der Waals surface area contributed by atoms with Crippen LogP contribution < -0.4 is 0 Å². The third-order valence-electron chi connectivity index (χ3n) is 5.25. The van der Waals surface area contributed by atoms with Gasteiger partial charge in [0.05, 0.1) is 22.2 Å². The molecule has 0 saturated heterocycles. The Balaban J connectivity index is -0.000000106. The monoisotopic (exact) mass is 760 g/mol. The van der Waals surface area contributed by atoms with Gasteiger partial charge in [-0.1, -0.05) is 129 Å². The summed E-state index contributed by atoms with van der Waals surface area (Å²) in [7, 11) is -13.4. The van der Waals surface area contributed by atoms with Gasteiger partial charge in [-0.05, 0) is 86.6 Å². The first-order valence-electron chi connectivity index (χ1n) is 17.7. The molecule has 2 aromatic rings. The van der Waals surface area contributed by atoms with Crippen molar-refractivity contribution in [3.63, 3.8) is 0 Å². The van der Waals surface area contributed by atoms with Gasteiger partial charge in [0.1, 0.15) is 0 Å². The van der Waals surface area contributed by atoms with Crippen LogP contribution in [0, 0.1) is 34.6 Å². The molecule has 2 rings (SSSR count). The Morgan fingerprint density at radius 2 is 0.959 bits per heavy atom. The highest BCUT2D eigenvalue weighted by atomic mass is 32.3. The lowest BCUT2D eigenvalue weighted by molar-refractivity contribution is 0.284. The summed E-state index contributed by atoms with van der Waals surface area (Å²) in [5, 5.41) is 0. The van der Waals surface area contributed by atoms with Crippen molar-refractivity contribution in [3.05, 3.63) is 57.6 Å². The predicted octanol–water partition coefficient (Wildman–Crippen LogP) is 11.3. The summed E-state index contributed by atoms with van der Waals surface area (Å²) in [6.45, 7) is 40.1. The van der Waals surface area contributed by atoms with E-state index in [0.717, 1.165) is 18.6 Å². The van der Waals surface area contributed by atoms with Crippen molar-refractivity contribution >= 4 is 30.4 Å². The lowest BCUT2D eigenvalue weighted by atomic mass is 9.93. The number of rotatable bonds is 7. The standard InChI is InChI=1S/C12H18.C9H12O9S3.2C3H8.5C2H6/c1-6-12-9(3)7-8(2)10(4)11(12)5;1-7-2-3-8(6-9(7)20(12,13)14)19(10,11)5-4-18-21(15,16)17;2*1-3-2;5*1-2/h7H,6H2,1-5H3;2-3,6H,4-5H2,1H3,(H,12,13,14)(H,15,16,17);2*3H2,1-2H3;5*1-2H3. The summed E-state index contributed by atoms with van der Waals surface area (Å²) in [6, 6.07) is 5.33. The predicted molar refractivity (Wildman–Crippen MR) is 214 cm³/mol. The minimum Gasteiger partial charge on any atom is -0.282 e. The van der Waals surface area contributed by atoms with Gasteiger partial charge in [0.25, 0.3) is 10.1 Å². The molecule has 0 fully saturated rings. The number of hydrogen-bond acceptors (Lipinski definition) is 7. The van der Waals surface area contributed by atoms with Crippen molar-refractivity contribution < 1.29 is 38.5 Å². The van der Waals surface area contributed by atoms with Crippen molar-refractivity contribution in [2.24, 2.45) is 0 Å². The largest absolute Gasteiger partial charge is 0.397 e. The molecule has 0 unspecified atom stereocenters. The summed E-state index contributed by atoms with van der Waals surface area (Å²) in [5.74, 6) is -0.805. The Morgan fingerprint density at radius 3 is 1.29 bits per heavy atom. The molecule has 0 spiro atoms. The topological polar surface area (TPSA) is 152 Å². The summed E-state index contributed by atoms with van der Waals surface area (Å²) < 4.78 is 87.8. The fourth-order valence-corrected chi connectivity index (χ4v) is 5.64. The van der Waals surface area contributed by atoms with E-state index in [2.05, 4.69) is 72.6 Å². The number of hydrogen-bond donors (Lipinski definition) is 2. The Labute approximate surface area is 305 Å². The van der Waals surface area contributed by atoms with Crippen LogP contribution in [0.4, 0.5) is 0 Å². The van der Waals surface area contributed by atoms with Crippen molar-refractivity contribution in [3.8, 4) is 0 Å². The van der Waals surface area contributed by atoms with E-state index >= 15 is 0 Å². The Bertz CT molecular complexity index is 1360. The van der Waals surface area contributed by atoms with Gasteiger partial charge < -0.3 is 0 Å². The Hall–Kier alpha value is -1.83. The summed E-state index contributed by atoms with van der Waals surface area (Å²) >= 11 is 0. The smallest absolute Gasteiger partial charge is 0.282 e. The van der Waals surface area contributed by atoms with Gasteiger partial charge in [-0.25, -0.2) is 12.6 Å². The molecule has 0 aliphatic carbocycles. The molecular weight excluding hydrogens is 685 g/mol. The third-order valence-corrected chi connectivity index (χ3v) is 8.39. The van der Waals surface area contributed by atoms with E-state index in [4.69, 9.17) is 9.11 Å². The second-order valence-corrected chi connectivity index (χ2v) is 13.6. The molecule has 0 aromatic heterocycles. The van der Waals surface area contributed by atoms with Crippen LogP contribution in [-0.4, -0.2) is 46.7 Å². The zero-order chi connectivity index (χ0) is 41.2. The highest BCUT2D eigenvalue weighted by molar-refractivity contribution is 7.91. The van der Waals surface area contributed by atoms with Gasteiger partial charge in [0.15, 0.2) is 9.84 Å². The van der Waals surface area contributed by atoms with Gasteiger partial charge in [-0.3, -0.25) is 9.11 Å². The van der Waals surface area contributed by atoms with Gasteiger partial charge in [-0.2, -0.15) is 16.8 Å². The van der Waals surface area contributed by atoms with Crippen molar-refractivity contribution in [2.75, 3.05) is 12.4 Å². The van der Waals surface area contributed by atoms with E-state index in [-0.39, 0.29) is 5.56 Å². The zero-order valence-corrected chi connectivity index (χ0v) is 37.3. The molecule has 9 nitrogen and oxygen atoms in total. The molecule has 2 N–H and O–H groups in total. The van der Waals surface area contributed by atoms with Crippen LogP contribution in [0.5, 0.6) is 0 Å². The van der Waals surface area contributed by atoms with Gasteiger partial charge >= 0.3 is 10.4 Å². The van der Waals surface area contributed by atoms with E-state index in [9.17, 15) is 25.3 Å². The van der Waals surface area contributed by atoms with Crippen LogP contribution in [0.1, 0.15) is 150 Å². The van der Waals surface area contributed by atoms with Crippen LogP contribution >= 0.6 is 0 Å². The highest BCUT2D eigenvalue weighted by Crippen LogP contribution is 2.22. The first-order chi connectivity index (χ1) is 22.7. The van der Waals surface area contributed by atoms with Crippen molar-refractivity contribution in [1.82, 2.24) is 0 Å². The summed E-state index contributed by atoms with van der Waals surface area (Å²) in [6.07, 6.45) is 3.65.